The highest BCUT2D eigenvalue weighted by Crippen LogP contribution is 2.25. The molecule has 0 unspecified atom stereocenters. The van der Waals surface area contributed by atoms with E-state index in [2.05, 4.69) is 5.32 Å². The molecule has 21 heavy (non-hydrogen) atoms. The zero-order valence-corrected chi connectivity index (χ0v) is 13.9. The predicted octanol–water partition coefficient (Wildman–Crippen LogP) is 0.724. The van der Waals surface area contributed by atoms with Crippen molar-refractivity contribution < 1.29 is 17.9 Å². The molecule has 0 aliphatic heterocycles. The van der Waals surface area contributed by atoms with Crippen LogP contribution < -0.4 is 11.1 Å². The van der Waals surface area contributed by atoms with Gasteiger partial charge in [0.05, 0.1) is 18.2 Å². The summed E-state index contributed by atoms with van der Waals surface area (Å²) in [5.41, 5.74) is 6.06. The second-order valence-corrected chi connectivity index (χ2v) is 7.61. The lowest BCUT2D eigenvalue weighted by Gasteiger charge is -2.36. The van der Waals surface area contributed by atoms with Gasteiger partial charge in [0.15, 0.2) is 9.84 Å². The molecule has 0 heterocycles. The molecule has 0 radical (unpaired) electrons. The Morgan fingerprint density at radius 2 is 2.05 bits per heavy atom. The molecule has 0 aromatic rings. The predicted molar refractivity (Wildman–Crippen MR) is 82.4 cm³/mol. The highest BCUT2D eigenvalue weighted by molar-refractivity contribution is 7.94. The SMILES string of the molecule is CCC(CC)O[C@@H]1C=C(S(C)(=O)=O)C[C@H](N)[C@H]1NC(C)=O. The lowest BCUT2D eigenvalue weighted by atomic mass is 9.93. The minimum Gasteiger partial charge on any atom is -0.369 e. The first-order valence-electron chi connectivity index (χ1n) is 7.27. The molecule has 0 bridgehead atoms. The second kappa shape index (κ2) is 7.38. The molecule has 1 amide bonds. The van der Waals surface area contributed by atoms with Crippen molar-refractivity contribution in [3.63, 3.8) is 0 Å². The summed E-state index contributed by atoms with van der Waals surface area (Å²) in [6, 6.07) is -0.892. The summed E-state index contributed by atoms with van der Waals surface area (Å²) in [5, 5.41) is 2.78. The number of amides is 1. The summed E-state index contributed by atoms with van der Waals surface area (Å²) in [4.78, 5) is 11.6. The van der Waals surface area contributed by atoms with E-state index in [1.54, 1.807) is 6.08 Å². The van der Waals surface area contributed by atoms with Crippen LogP contribution in [0.3, 0.4) is 0 Å². The first-order valence-corrected chi connectivity index (χ1v) is 9.17. The van der Waals surface area contributed by atoms with Crippen molar-refractivity contribution in [2.75, 3.05) is 6.26 Å². The van der Waals surface area contributed by atoms with E-state index >= 15 is 0 Å². The van der Waals surface area contributed by atoms with E-state index in [0.717, 1.165) is 12.8 Å². The topological polar surface area (TPSA) is 98.5 Å². The average molecular weight is 318 g/mol. The van der Waals surface area contributed by atoms with Gasteiger partial charge in [-0.1, -0.05) is 13.8 Å². The Hall–Kier alpha value is -0.920. The minimum atomic E-state index is -3.30. The van der Waals surface area contributed by atoms with Gasteiger partial charge < -0.3 is 15.8 Å². The molecule has 0 saturated carbocycles. The van der Waals surface area contributed by atoms with E-state index in [-0.39, 0.29) is 23.3 Å². The van der Waals surface area contributed by atoms with Gasteiger partial charge in [0.2, 0.25) is 5.91 Å². The van der Waals surface area contributed by atoms with E-state index in [9.17, 15) is 13.2 Å². The molecule has 7 heteroatoms. The van der Waals surface area contributed by atoms with E-state index in [0.29, 0.717) is 0 Å². The number of rotatable bonds is 6. The maximum Gasteiger partial charge on any atom is 0.217 e. The lowest BCUT2D eigenvalue weighted by molar-refractivity contribution is -0.121. The molecule has 6 nitrogen and oxygen atoms in total. The van der Waals surface area contributed by atoms with Gasteiger partial charge in [-0.3, -0.25) is 4.79 Å². The Kier molecular flexibility index (Phi) is 6.37. The molecular weight excluding hydrogens is 292 g/mol. The molecule has 0 aromatic heterocycles. The first kappa shape index (κ1) is 18.1. The van der Waals surface area contributed by atoms with Crippen LogP contribution in [0.2, 0.25) is 0 Å². The Morgan fingerprint density at radius 1 is 1.48 bits per heavy atom. The third kappa shape index (κ3) is 5.09. The summed E-state index contributed by atoms with van der Waals surface area (Å²) >= 11 is 0. The number of hydrogen-bond donors (Lipinski definition) is 2. The zero-order valence-electron chi connectivity index (χ0n) is 13.1. The van der Waals surface area contributed by atoms with Gasteiger partial charge in [-0.2, -0.15) is 0 Å². The number of nitrogens with two attached hydrogens (primary N) is 1. The molecule has 1 aliphatic rings. The van der Waals surface area contributed by atoms with Crippen molar-refractivity contribution in [1.29, 1.82) is 0 Å². The fraction of sp³-hybridized carbons (Fsp3) is 0.786. The molecule has 0 aromatic carbocycles. The Bertz CT molecular complexity index is 497. The second-order valence-electron chi connectivity index (χ2n) is 5.54. The molecule has 0 saturated heterocycles. The van der Waals surface area contributed by atoms with E-state index in [1.807, 2.05) is 13.8 Å². The van der Waals surface area contributed by atoms with Crippen LogP contribution in [-0.4, -0.2) is 44.9 Å². The standard InChI is InChI=1S/C14H26N2O4S/c1-5-10(6-2)20-13-8-11(21(4,18)19)7-12(15)14(13)16-9(3)17/h8,10,12-14H,5-7,15H2,1-4H3,(H,16,17)/t12-,13+,14+/m0/s1. The molecular formula is C14H26N2O4S. The van der Waals surface area contributed by atoms with Crippen molar-refractivity contribution in [3.8, 4) is 0 Å². The van der Waals surface area contributed by atoms with Crippen molar-refractivity contribution in [3.05, 3.63) is 11.0 Å². The number of carbonyl (C=O) groups excluding carboxylic acids is 1. The number of ether oxygens (including phenoxy) is 1. The summed E-state index contributed by atoms with van der Waals surface area (Å²) in [6.07, 6.45) is 4.09. The van der Waals surface area contributed by atoms with Crippen LogP contribution in [-0.2, 0) is 19.4 Å². The van der Waals surface area contributed by atoms with Crippen LogP contribution in [0.1, 0.15) is 40.0 Å². The summed E-state index contributed by atoms with van der Waals surface area (Å²) in [5.74, 6) is -0.204. The van der Waals surface area contributed by atoms with E-state index < -0.39 is 28.0 Å². The molecule has 0 spiro atoms. The van der Waals surface area contributed by atoms with Gasteiger partial charge >= 0.3 is 0 Å². The van der Waals surface area contributed by atoms with Crippen LogP contribution in [0, 0.1) is 0 Å². The van der Waals surface area contributed by atoms with Crippen LogP contribution in [0.5, 0.6) is 0 Å². The highest BCUT2D eigenvalue weighted by Gasteiger charge is 2.36. The average Bonchev–Trinajstić information content (AvgIpc) is 2.37. The Balaban J connectivity index is 3.08. The molecule has 0 fully saturated rings. The van der Waals surface area contributed by atoms with E-state index in [1.165, 1.54) is 13.2 Å². The number of carbonyl (C=O) groups is 1. The molecule has 1 aliphatic carbocycles. The number of hydrogen-bond acceptors (Lipinski definition) is 5. The van der Waals surface area contributed by atoms with Crippen molar-refractivity contribution in [2.45, 2.75) is 64.3 Å². The quantitative estimate of drug-likeness (QED) is 0.752. The molecule has 122 valence electrons. The van der Waals surface area contributed by atoms with E-state index in [4.69, 9.17) is 10.5 Å². The Morgan fingerprint density at radius 3 is 2.48 bits per heavy atom. The number of nitrogens with one attached hydrogen (secondary N) is 1. The van der Waals surface area contributed by atoms with Gasteiger partial charge in [0.25, 0.3) is 0 Å². The highest BCUT2D eigenvalue weighted by atomic mass is 32.2. The summed E-state index contributed by atoms with van der Waals surface area (Å²) in [7, 11) is -3.30. The third-order valence-corrected chi connectivity index (χ3v) is 4.96. The van der Waals surface area contributed by atoms with Crippen molar-refractivity contribution >= 4 is 15.7 Å². The molecule has 3 N–H and O–H groups in total. The van der Waals surface area contributed by atoms with Crippen LogP contribution in [0.25, 0.3) is 0 Å². The number of sulfone groups is 1. The maximum atomic E-state index is 11.8. The monoisotopic (exact) mass is 318 g/mol. The fourth-order valence-corrected chi connectivity index (χ4v) is 3.36. The maximum absolute atomic E-state index is 11.8. The van der Waals surface area contributed by atoms with Crippen LogP contribution in [0.15, 0.2) is 11.0 Å². The molecule has 3 atom stereocenters. The van der Waals surface area contributed by atoms with Crippen LogP contribution in [0.4, 0.5) is 0 Å². The largest absolute Gasteiger partial charge is 0.369 e. The van der Waals surface area contributed by atoms with Gasteiger partial charge in [-0.15, -0.1) is 0 Å². The van der Waals surface area contributed by atoms with Crippen molar-refractivity contribution in [2.24, 2.45) is 5.73 Å². The van der Waals surface area contributed by atoms with Gasteiger partial charge in [-0.25, -0.2) is 8.42 Å². The Labute approximate surface area is 127 Å². The first-order chi connectivity index (χ1) is 9.68. The lowest BCUT2D eigenvalue weighted by Crippen LogP contribution is -2.57. The fourth-order valence-electron chi connectivity index (χ4n) is 2.48. The summed E-state index contributed by atoms with van der Waals surface area (Å²) in [6.45, 7) is 5.42. The molecule has 1 rings (SSSR count). The third-order valence-electron chi connectivity index (χ3n) is 3.71. The minimum absolute atomic E-state index is 0.00798. The van der Waals surface area contributed by atoms with Crippen molar-refractivity contribution in [1.82, 2.24) is 5.32 Å². The van der Waals surface area contributed by atoms with Gasteiger partial charge in [-0.05, 0) is 18.9 Å². The smallest absolute Gasteiger partial charge is 0.217 e. The van der Waals surface area contributed by atoms with Crippen LogP contribution >= 0.6 is 0 Å². The zero-order chi connectivity index (χ0) is 16.2. The van der Waals surface area contributed by atoms with Gasteiger partial charge in [0.1, 0.15) is 0 Å². The summed E-state index contributed by atoms with van der Waals surface area (Å²) < 4.78 is 29.5. The normalized spacial score (nSPS) is 26.6. The van der Waals surface area contributed by atoms with Gasteiger partial charge in [0, 0.05) is 30.5 Å².